The summed E-state index contributed by atoms with van der Waals surface area (Å²) in [7, 11) is 0. The van der Waals surface area contributed by atoms with Gasteiger partial charge in [-0.15, -0.1) is 0 Å². The zero-order valence-electron chi connectivity index (χ0n) is 11.8. The zero-order chi connectivity index (χ0) is 13.5. The lowest BCUT2D eigenvalue weighted by atomic mass is 10.0. The Bertz CT molecular complexity index is 449. The van der Waals surface area contributed by atoms with Crippen molar-refractivity contribution in [3.8, 4) is 0 Å². The lowest BCUT2D eigenvalue weighted by Gasteiger charge is -2.23. The maximum absolute atomic E-state index is 3.78. The van der Waals surface area contributed by atoms with E-state index < -0.39 is 0 Å². The summed E-state index contributed by atoms with van der Waals surface area (Å²) < 4.78 is 0. The van der Waals surface area contributed by atoms with Gasteiger partial charge in [0.2, 0.25) is 0 Å². The fourth-order valence-corrected chi connectivity index (χ4v) is 3.17. The van der Waals surface area contributed by atoms with E-state index in [1.165, 1.54) is 24.0 Å². The molecule has 2 heteroatoms. The van der Waals surface area contributed by atoms with Crippen LogP contribution in [0.3, 0.4) is 0 Å². The normalized spacial score (nSPS) is 14.2. The van der Waals surface area contributed by atoms with Crippen LogP contribution in [0, 0.1) is 0 Å². The van der Waals surface area contributed by atoms with E-state index in [0.717, 1.165) is 6.42 Å². The number of rotatable bonds is 7. The van der Waals surface area contributed by atoms with Gasteiger partial charge < -0.3 is 5.32 Å². The number of hydrogen-bond donors (Lipinski definition) is 1. The third-order valence-electron chi connectivity index (χ3n) is 3.39. The van der Waals surface area contributed by atoms with Crippen molar-refractivity contribution in [2.24, 2.45) is 0 Å². The standard InChI is InChI=1S/C17H23NS/c1-3-7-17(16-8-5-4-6-9-16)18-14(2)12-15-10-11-19-13-15/h4-6,8-11,13-14,17-18H,3,7,12H2,1-2H3. The molecular weight excluding hydrogens is 250 g/mol. The van der Waals surface area contributed by atoms with Gasteiger partial charge in [-0.2, -0.15) is 11.3 Å². The molecule has 1 heterocycles. The minimum Gasteiger partial charge on any atom is -0.307 e. The Kier molecular flexibility index (Phi) is 5.62. The molecule has 2 unspecified atom stereocenters. The smallest absolute Gasteiger partial charge is 0.0322 e. The molecule has 1 aromatic carbocycles. The van der Waals surface area contributed by atoms with Crippen molar-refractivity contribution in [1.29, 1.82) is 0 Å². The fourth-order valence-electron chi connectivity index (χ4n) is 2.48. The van der Waals surface area contributed by atoms with Crippen LogP contribution in [0.2, 0.25) is 0 Å². The van der Waals surface area contributed by atoms with Crippen LogP contribution in [0.15, 0.2) is 47.2 Å². The third-order valence-corrected chi connectivity index (χ3v) is 4.12. The molecular formula is C17H23NS. The van der Waals surface area contributed by atoms with Crippen LogP contribution >= 0.6 is 11.3 Å². The fraction of sp³-hybridized carbons (Fsp3) is 0.412. The zero-order valence-corrected chi connectivity index (χ0v) is 12.6. The number of hydrogen-bond acceptors (Lipinski definition) is 2. The van der Waals surface area contributed by atoms with Crippen LogP contribution < -0.4 is 5.32 Å². The van der Waals surface area contributed by atoms with Gasteiger partial charge in [0, 0.05) is 12.1 Å². The van der Waals surface area contributed by atoms with E-state index in [9.17, 15) is 0 Å². The van der Waals surface area contributed by atoms with Crippen molar-refractivity contribution in [2.75, 3.05) is 0 Å². The Hall–Kier alpha value is -1.12. The van der Waals surface area contributed by atoms with Gasteiger partial charge in [0.1, 0.15) is 0 Å². The number of benzene rings is 1. The molecule has 0 aliphatic rings. The predicted molar refractivity (Wildman–Crippen MR) is 84.7 cm³/mol. The highest BCUT2D eigenvalue weighted by Gasteiger charge is 2.13. The van der Waals surface area contributed by atoms with Crippen LogP contribution in [0.5, 0.6) is 0 Å². The summed E-state index contributed by atoms with van der Waals surface area (Å²) in [5.74, 6) is 0. The SMILES string of the molecule is CCCC(NC(C)Cc1ccsc1)c1ccccc1. The molecule has 0 radical (unpaired) electrons. The molecule has 2 aromatic rings. The number of thiophene rings is 1. The van der Waals surface area contributed by atoms with E-state index in [-0.39, 0.29) is 0 Å². The van der Waals surface area contributed by atoms with Crippen molar-refractivity contribution in [2.45, 2.75) is 45.2 Å². The third kappa shape index (κ3) is 4.48. The highest BCUT2D eigenvalue weighted by Crippen LogP contribution is 2.20. The van der Waals surface area contributed by atoms with Crippen LogP contribution in [0.4, 0.5) is 0 Å². The summed E-state index contributed by atoms with van der Waals surface area (Å²) in [4.78, 5) is 0. The molecule has 1 N–H and O–H groups in total. The molecule has 0 bridgehead atoms. The Morgan fingerprint density at radius 3 is 2.58 bits per heavy atom. The van der Waals surface area contributed by atoms with Crippen LogP contribution in [-0.4, -0.2) is 6.04 Å². The van der Waals surface area contributed by atoms with Crippen LogP contribution in [0.1, 0.15) is 43.9 Å². The molecule has 0 aliphatic heterocycles. The van der Waals surface area contributed by atoms with Gasteiger partial charge in [-0.05, 0) is 47.7 Å². The molecule has 0 spiro atoms. The molecule has 2 rings (SSSR count). The maximum atomic E-state index is 3.78. The van der Waals surface area contributed by atoms with Crippen LogP contribution in [0.25, 0.3) is 0 Å². The van der Waals surface area contributed by atoms with Gasteiger partial charge >= 0.3 is 0 Å². The molecule has 1 nitrogen and oxygen atoms in total. The van der Waals surface area contributed by atoms with E-state index in [4.69, 9.17) is 0 Å². The largest absolute Gasteiger partial charge is 0.307 e. The minimum atomic E-state index is 0.472. The van der Waals surface area contributed by atoms with Crippen molar-refractivity contribution < 1.29 is 0 Å². The van der Waals surface area contributed by atoms with Gasteiger partial charge in [-0.3, -0.25) is 0 Å². The van der Waals surface area contributed by atoms with Gasteiger partial charge in [0.25, 0.3) is 0 Å². The van der Waals surface area contributed by atoms with E-state index in [1.807, 2.05) is 0 Å². The van der Waals surface area contributed by atoms with E-state index >= 15 is 0 Å². The second-order valence-corrected chi connectivity index (χ2v) is 5.94. The molecule has 0 amide bonds. The van der Waals surface area contributed by atoms with Crippen molar-refractivity contribution in [3.63, 3.8) is 0 Å². The average molecular weight is 273 g/mol. The minimum absolute atomic E-state index is 0.472. The van der Waals surface area contributed by atoms with E-state index in [0.29, 0.717) is 12.1 Å². The molecule has 102 valence electrons. The molecule has 19 heavy (non-hydrogen) atoms. The Morgan fingerprint density at radius 1 is 1.16 bits per heavy atom. The van der Waals surface area contributed by atoms with Gasteiger partial charge in [0.05, 0.1) is 0 Å². The monoisotopic (exact) mass is 273 g/mol. The number of nitrogens with one attached hydrogen (secondary N) is 1. The molecule has 2 atom stereocenters. The lowest BCUT2D eigenvalue weighted by molar-refractivity contribution is 0.429. The van der Waals surface area contributed by atoms with Crippen molar-refractivity contribution in [1.82, 2.24) is 5.32 Å². The van der Waals surface area contributed by atoms with Gasteiger partial charge in [-0.1, -0.05) is 43.7 Å². The average Bonchev–Trinajstić information content (AvgIpc) is 2.92. The Labute approximate surface area is 120 Å². The first kappa shape index (κ1) is 14.3. The highest BCUT2D eigenvalue weighted by atomic mass is 32.1. The molecule has 1 aromatic heterocycles. The topological polar surface area (TPSA) is 12.0 Å². The van der Waals surface area contributed by atoms with E-state index in [2.05, 4.69) is 66.3 Å². The lowest BCUT2D eigenvalue weighted by Crippen LogP contribution is -2.32. The summed E-state index contributed by atoms with van der Waals surface area (Å²) in [5.41, 5.74) is 2.84. The second kappa shape index (κ2) is 7.46. The summed E-state index contributed by atoms with van der Waals surface area (Å²) in [5, 5.41) is 8.18. The summed E-state index contributed by atoms with van der Waals surface area (Å²) in [6, 6.07) is 14.0. The molecule has 0 aliphatic carbocycles. The molecule has 0 fully saturated rings. The van der Waals surface area contributed by atoms with E-state index in [1.54, 1.807) is 11.3 Å². The Morgan fingerprint density at radius 2 is 1.95 bits per heavy atom. The molecule has 0 saturated carbocycles. The predicted octanol–water partition coefficient (Wildman–Crippen LogP) is 4.81. The van der Waals surface area contributed by atoms with Gasteiger partial charge in [0.15, 0.2) is 0 Å². The van der Waals surface area contributed by atoms with Crippen molar-refractivity contribution in [3.05, 3.63) is 58.3 Å². The quantitative estimate of drug-likeness (QED) is 0.763. The van der Waals surface area contributed by atoms with Crippen LogP contribution in [-0.2, 0) is 6.42 Å². The van der Waals surface area contributed by atoms with Crippen molar-refractivity contribution >= 4 is 11.3 Å². The first-order valence-corrected chi connectivity index (χ1v) is 8.06. The summed E-state index contributed by atoms with van der Waals surface area (Å²) >= 11 is 1.78. The second-order valence-electron chi connectivity index (χ2n) is 5.16. The highest BCUT2D eigenvalue weighted by molar-refractivity contribution is 7.07. The van der Waals surface area contributed by atoms with Gasteiger partial charge in [-0.25, -0.2) is 0 Å². The Balaban J connectivity index is 1.96. The molecule has 0 saturated heterocycles. The first-order valence-electron chi connectivity index (χ1n) is 7.11. The summed E-state index contributed by atoms with van der Waals surface area (Å²) in [6.45, 7) is 4.53. The maximum Gasteiger partial charge on any atom is 0.0322 e. The summed E-state index contributed by atoms with van der Waals surface area (Å²) in [6.07, 6.45) is 3.51. The first-order chi connectivity index (χ1) is 9.29.